The smallest absolute Gasteiger partial charge is 0.228 e. The van der Waals surface area contributed by atoms with Crippen LogP contribution in [0.25, 0.3) is 0 Å². The van der Waals surface area contributed by atoms with Crippen LogP contribution in [0.2, 0.25) is 0 Å². The summed E-state index contributed by atoms with van der Waals surface area (Å²) in [4.78, 5) is 17.5. The van der Waals surface area contributed by atoms with Crippen molar-refractivity contribution < 1.29 is 4.79 Å². The van der Waals surface area contributed by atoms with Crippen molar-refractivity contribution in [3.8, 4) is 0 Å². The van der Waals surface area contributed by atoms with Gasteiger partial charge in [-0.05, 0) is 19.3 Å². The van der Waals surface area contributed by atoms with E-state index in [0.29, 0.717) is 5.91 Å². The van der Waals surface area contributed by atoms with Crippen molar-refractivity contribution >= 4 is 5.91 Å². The largest absolute Gasteiger partial charge is 0.340 e. The first-order valence-electron chi connectivity index (χ1n) is 7.99. The van der Waals surface area contributed by atoms with Crippen LogP contribution in [0.1, 0.15) is 39.0 Å². The maximum absolute atomic E-state index is 12.8. The fraction of sp³-hybridized carbons (Fsp3) is 0.933. The Morgan fingerprint density at radius 1 is 1.16 bits per heavy atom. The minimum Gasteiger partial charge on any atom is -0.340 e. The van der Waals surface area contributed by atoms with Gasteiger partial charge in [0, 0.05) is 50.7 Å². The number of hydrogen-bond donors (Lipinski definition) is 1. The molecule has 0 aromatic carbocycles. The Labute approximate surface area is 116 Å². The first-order valence-corrected chi connectivity index (χ1v) is 7.99. The molecule has 0 unspecified atom stereocenters. The number of amides is 1. The highest BCUT2D eigenvalue weighted by atomic mass is 16.2. The molecule has 3 fully saturated rings. The lowest BCUT2D eigenvalue weighted by Crippen LogP contribution is -2.62. The molecule has 3 rings (SSSR count). The summed E-state index contributed by atoms with van der Waals surface area (Å²) in [5.74, 6) is 0.457. The van der Waals surface area contributed by atoms with Gasteiger partial charge in [0.15, 0.2) is 0 Å². The Kier molecular flexibility index (Phi) is 3.81. The molecule has 0 atom stereocenters. The summed E-state index contributed by atoms with van der Waals surface area (Å²) in [5, 5.41) is 3.33. The predicted octanol–water partition coefficient (Wildman–Crippen LogP) is 1.07. The molecule has 2 heterocycles. The van der Waals surface area contributed by atoms with Gasteiger partial charge in [-0.1, -0.05) is 19.8 Å². The molecule has 3 aliphatic rings. The Bertz CT molecular complexity index is 326. The third-order valence-electron chi connectivity index (χ3n) is 5.57. The zero-order chi connectivity index (χ0) is 13.3. The molecule has 0 aromatic heterocycles. The molecule has 4 nitrogen and oxygen atoms in total. The minimum absolute atomic E-state index is 0.000194. The standard InChI is InChI=1S/C15H27N3O/c1-2-15(5-3-4-6-15)14(19)18-9-7-17(8-10-18)13-11-16-12-13/h13,16H,2-12H2,1H3. The Morgan fingerprint density at radius 3 is 2.26 bits per heavy atom. The van der Waals surface area contributed by atoms with Crippen molar-refractivity contribution in [2.24, 2.45) is 5.41 Å². The molecule has 1 saturated carbocycles. The van der Waals surface area contributed by atoms with E-state index in [-0.39, 0.29) is 5.41 Å². The highest BCUT2D eigenvalue weighted by Crippen LogP contribution is 2.42. The van der Waals surface area contributed by atoms with Gasteiger partial charge in [-0.25, -0.2) is 0 Å². The molecule has 4 heteroatoms. The summed E-state index contributed by atoms with van der Waals surface area (Å²) < 4.78 is 0. The Balaban J connectivity index is 1.56. The van der Waals surface area contributed by atoms with Gasteiger partial charge >= 0.3 is 0 Å². The number of piperazine rings is 1. The fourth-order valence-corrected chi connectivity index (χ4v) is 3.93. The molecule has 0 bridgehead atoms. The first kappa shape index (κ1) is 13.4. The molecule has 0 radical (unpaired) electrons. The van der Waals surface area contributed by atoms with E-state index < -0.39 is 0 Å². The average molecular weight is 265 g/mol. The molecular weight excluding hydrogens is 238 g/mol. The second kappa shape index (κ2) is 5.41. The summed E-state index contributed by atoms with van der Waals surface area (Å²) >= 11 is 0. The lowest BCUT2D eigenvalue weighted by Gasteiger charge is -2.45. The number of nitrogens with one attached hydrogen (secondary N) is 1. The van der Waals surface area contributed by atoms with Crippen LogP contribution in [0.4, 0.5) is 0 Å². The van der Waals surface area contributed by atoms with Crippen molar-refractivity contribution in [1.29, 1.82) is 0 Å². The number of rotatable bonds is 3. The second-order valence-corrected chi connectivity index (χ2v) is 6.48. The zero-order valence-electron chi connectivity index (χ0n) is 12.2. The quantitative estimate of drug-likeness (QED) is 0.829. The zero-order valence-corrected chi connectivity index (χ0v) is 12.2. The Morgan fingerprint density at radius 2 is 1.79 bits per heavy atom. The van der Waals surface area contributed by atoms with Crippen molar-refractivity contribution in [1.82, 2.24) is 15.1 Å². The van der Waals surface area contributed by atoms with Crippen LogP contribution in [0.5, 0.6) is 0 Å². The van der Waals surface area contributed by atoms with Gasteiger partial charge in [0.25, 0.3) is 0 Å². The van der Waals surface area contributed by atoms with Gasteiger partial charge in [0.1, 0.15) is 0 Å². The van der Waals surface area contributed by atoms with Gasteiger partial charge in [0.05, 0.1) is 0 Å². The van der Waals surface area contributed by atoms with E-state index >= 15 is 0 Å². The van der Waals surface area contributed by atoms with Crippen molar-refractivity contribution in [3.63, 3.8) is 0 Å². The van der Waals surface area contributed by atoms with Gasteiger partial charge in [0.2, 0.25) is 5.91 Å². The third kappa shape index (κ3) is 2.40. The SMILES string of the molecule is CCC1(C(=O)N2CCN(C3CNC3)CC2)CCCC1. The highest BCUT2D eigenvalue weighted by molar-refractivity contribution is 5.83. The number of carbonyl (C=O) groups is 1. The summed E-state index contributed by atoms with van der Waals surface area (Å²) in [5.41, 5.74) is 0.000194. The van der Waals surface area contributed by atoms with Crippen LogP contribution in [0, 0.1) is 5.41 Å². The lowest BCUT2D eigenvalue weighted by atomic mass is 9.81. The van der Waals surface area contributed by atoms with E-state index in [2.05, 4.69) is 22.0 Å². The minimum atomic E-state index is 0.000194. The topological polar surface area (TPSA) is 35.6 Å². The molecule has 1 aliphatic carbocycles. The molecule has 108 valence electrons. The molecule has 1 N–H and O–H groups in total. The summed E-state index contributed by atoms with van der Waals surface area (Å²) in [7, 11) is 0. The fourth-order valence-electron chi connectivity index (χ4n) is 3.93. The van der Waals surface area contributed by atoms with Crippen LogP contribution in [0.15, 0.2) is 0 Å². The third-order valence-corrected chi connectivity index (χ3v) is 5.57. The molecule has 2 saturated heterocycles. The molecule has 1 amide bonds. The number of hydrogen-bond acceptors (Lipinski definition) is 3. The predicted molar refractivity (Wildman–Crippen MR) is 76.0 cm³/mol. The summed E-state index contributed by atoms with van der Waals surface area (Å²) in [6, 6.07) is 0.726. The molecular formula is C15H27N3O. The van der Waals surface area contributed by atoms with Gasteiger partial charge in [-0.3, -0.25) is 9.69 Å². The normalized spacial score (nSPS) is 28.4. The monoisotopic (exact) mass is 265 g/mol. The Hall–Kier alpha value is -0.610. The summed E-state index contributed by atoms with van der Waals surface area (Å²) in [6.07, 6.45) is 5.75. The summed E-state index contributed by atoms with van der Waals surface area (Å²) in [6.45, 7) is 8.48. The van der Waals surface area contributed by atoms with E-state index in [1.807, 2.05) is 0 Å². The average Bonchev–Trinajstić information content (AvgIpc) is 2.87. The van der Waals surface area contributed by atoms with E-state index in [1.54, 1.807) is 0 Å². The highest BCUT2D eigenvalue weighted by Gasteiger charge is 2.42. The number of nitrogens with zero attached hydrogens (tertiary/aromatic N) is 2. The van der Waals surface area contributed by atoms with Crippen LogP contribution >= 0.6 is 0 Å². The van der Waals surface area contributed by atoms with Crippen molar-refractivity contribution in [3.05, 3.63) is 0 Å². The van der Waals surface area contributed by atoms with E-state index in [0.717, 1.165) is 64.6 Å². The molecule has 19 heavy (non-hydrogen) atoms. The first-order chi connectivity index (χ1) is 9.25. The maximum Gasteiger partial charge on any atom is 0.228 e. The molecule has 2 aliphatic heterocycles. The molecule has 0 spiro atoms. The van der Waals surface area contributed by atoms with Crippen molar-refractivity contribution in [2.45, 2.75) is 45.1 Å². The van der Waals surface area contributed by atoms with Crippen LogP contribution in [-0.2, 0) is 4.79 Å². The van der Waals surface area contributed by atoms with Crippen LogP contribution in [0.3, 0.4) is 0 Å². The van der Waals surface area contributed by atoms with Crippen LogP contribution in [-0.4, -0.2) is 61.0 Å². The van der Waals surface area contributed by atoms with E-state index in [1.165, 1.54) is 12.8 Å². The van der Waals surface area contributed by atoms with E-state index in [4.69, 9.17) is 0 Å². The van der Waals surface area contributed by atoms with Gasteiger partial charge in [-0.2, -0.15) is 0 Å². The number of carbonyl (C=O) groups excluding carboxylic acids is 1. The van der Waals surface area contributed by atoms with Crippen molar-refractivity contribution in [2.75, 3.05) is 39.3 Å². The van der Waals surface area contributed by atoms with E-state index in [9.17, 15) is 4.79 Å². The van der Waals surface area contributed by atoms with Gasteiger partial charge in [-0.15, -0.1) is 0 Å². The van der Waals surface area contributed by atoms with Gasteiger partial charge < -0.3 is 10.2 Å². The second-order valence-electron chi connectivity index (χ2n) is 6.48. The van der Waals surface area contributed by atoms with Crippen LogP contribution < -0.4 is 5.32 Å². The maximum atomic E-state index is 12.8. The lowest BCUT2D eigenvalue weighted by molar-refractivity contribution is -0.144. The molecule has 0 aromatic rings.